The topological polar surface area (TPSA) is 101 Å². The van der Waals surface area contributed by atoms with Gasteiger partial charge in [-0.05, 0) is 54.4 Å². The lowest BCUT2D eigenvalue weighted by molar-refractivity contribution is 0.304. The average Bonchev–Trinajstić information content (AvgIpc) is 3.26. The summed E-state index contributed by atoms with van der Waals surface area (Å²) in [6.45, 7) is 2.94. The van der Waals surface area contributed by atoms with Crippen LogP contribution in [0, 0.1) is 0 Å². The van der Waals surface area contributed by atoms with Gasteiger partial charge in [0.15, 0.2) is 0 Å². The first kappa shape index (κ1) is 25.3. The quantitative estimate of drug-likeness (QED) is 0.189. The first-order valence-electron chi connectivity index (χ1n) is 12.7. The van der Waals surface area contributed by atoms with E-state index >= 15 is 0 Å². The van der Waals surface area contributed by atoms with Crippen LogP contribution in [0.15, 0.2) is 57.2 Å². The highest BCUT2D eigenvalue weighted by Crippen LogP contribution is 2.25. The fraction of sp³-hybridized carbons (Fsp3) is 0.393. The van der Waals surface area contributed by atoms with E-state index in [1.807, 2.05) is 24.3 Å². The average molecular weight is 491 g/mol. The number of ether oxygens (including phenoxy) is 2. The molecule has 0 aliphatic carbocycles. The first-order valence-corrected chi connectivity index (χ1v) is 12.7. The third-order valence-corrected chi connectivity index (χ3v) is 6.31. The van der Waals surface area contributed by atoms with E-state index in [4.69, 9.17) is 9.47 Å². The molecule has 0 saturated heterocycles. The van der Waals surface area contributed by atoms with Gasteiger partial charge >= 0.3 is 11.2 Å². The van der Waals surface area contributed by atoms with Crippen LogP contribution in [0.4, 0.5) is 0 Å². The summed E-state index contributed by atoms with van der Waals surface area (Å²) < 4.78 is 11.9. The molecule has 0 bridgehead atoms. The Morgan fingerprint density at radius 2 is 1.56 bits per heavy atom. The first-order chi connectivity index (χ1) is 17.6. The van der Waals surface area contributed by atoms with E-state index in [9.17, 15) is 9.59 Å². The van der Waals surface area contributed by atoms with Crippen molar-refractivity contribution in [1.29, 1.82) is 0 Å². The molecule has 4 aromatic rings. The molecule has 0 amide bonds. The molecule has 4 rings (SSSR count). The van der Waals surface area contributed by atoms with Crippen LogP contribution in [0.5, 0.6) is 11.5 Å². The number of hydrogen-bond acceptors (Lipinski definition) is 5. The Hall–Kier alpha value is -3.81. The number of hydrogen-bond donors (Lipinski definition) is 2. The summed E-state index contributed by atoms with van der Waals surface area (Å²) in [6, 6.07) is 12.8. The molecule has 0 spiro atoms. The van der Waals surface area contributed by atoms with E-state index in [1.165, 1.54) is 51.2 Å². The van der Waals surface area contributed by atoms with Gasteiger partial charge < -0.3 is 19.4 Å². The Balaban J connectivity index is 1.36. The highest BCUT2D eigenvalue weighted by atomic mass is 16.5. The standard InChI is InChI=1S/C28H34N4O4/c1-3-4-5-6-7-8-9-10-17-36-21-13-11-20(12-14-21)19-29-32-27(33)26-25(31-28(32)34)23-18-22(35-2)15-16-24(23)30-26/h11-16,18-19,30H,3-10,17H2,1-2H3,(H,31,34). The van der Waals surface area contributed by atoms with Gasteiger partial charge in [-0.3, -0.25) is 4.79 Å². The highest BCUT2D eigenvalue weighted by Gasteiger charge is 2.13. The molecule has 0 atom stereocenters. The van der Waals surface area contributed by atoms with Gasteiger partial charge in [0, 0.05) is 10.9 Å². The third kappa shape index (κ3) is 6.05. The summed E-state index contributed by atoms with van der Waals surface area (Å²) in [5.41, 5.74) is 1.05. The number of fused-ring (bicyclic) bond motifs is 3. The van der Waals surface area contributed by atoms with Crippen LogP contribution in [-0.4, -0.2) is 34.6 Å². The van der Waals surface area contributed by atoms with Gasteiger partial charge in [0.1, 0.15) is 17.0 Å². The number of methoxy groups -OCH3 is 1. The molecule has 0 radical (unpaired) electrons. The van der Waals surface area contributed by atoms with Crippen molar-refractivity contribution in [2.24, 2.45) is 5.10 Å². The SMILES string of the molecule is CCCCCCCCCCOc1ccc(C=Nn2c(=O)[nH]c3c([nH]c4ccc(OC)cc43)c2=O)cc1. The predicted molar refractivity (Wildman–Crippen MR) is 145 cm³/mol. The molecule has 190 valence electrons. The maximum absolute atomic E-state index is 13.0. The van der Waals surface area contributed by atoms with Gasteiger partial charge in [0.05, 0.1) is 25.4 Å². The molecule has 2 heterocycles. The van der Waals surface area contributed by atoms with E-state index < -0.39 is 11.2 Å². The van der Waals surface area contributed by atoms with Gasteiger partial charge in [-0.25, -0.2) is 4.79 Å². The van der Waals surface area contributed by atoms with Crippen molar-refractivity contribution in [3.05, 3.63) is 68.9 Å². The van der Waals surface area contributed by atoms with E-state index in [0.717, 1.165) is 27.9 Å². The van der Waals surface area contributed by atoms with E-state index in [2.05, 4.69) is 22.0 Å². The van der Waals surface area contributed by atoms with Gasteiger partial charge in [-0.15, -0.1) is 4.68 Å². The number of rotatable bonds is 13. The number of aromatic nitrogens is 3. The molecule has 0 saturated carbocycles. The minimum atomic E-state index is -0.613. The minimum absolute atomic E-state index is 0.278. The summed E-state index contributed by atoms with van der Waals surface area (Å²) >= 11 is 0. The van der Waals surface area contributed by atoms with Crippen molar-refractivity contribution in [3.8, 4) is 11.5 Å². The molecule has 36 heavy (non-hydrogen) atoms. The molecule has 2 N–H and O–H groups in total. The molecule has 0 aliphatic rings. The van der Waals surface area contributed by atoms with E-state index in [1.54, 1.807) is 25.3 Å². The molecule has 0 unspecified atom stereocenters. The molecule has 8 heteroatoms. The number of nitrogens with one attached hydrogen (secondary N) is 2. The smallest absolute Gasteiger partial charge is 0.350 e. The Bertz CT molecular complexity index is 1430. The zero-order valence-corrected chi connectivity index (χ0v) is 21.0. The van der Waals surface area contributed by atoms with Gasteiger partial charge in [-0.2, -0.15) is 5.10 Å². The maximum atomic E-state index is 13.0. The number of aromatic amines is 2. The minimum Gasteiger partial charge on any atom is -0.497 e. The lowest BCUT2D eigenvalue weighted by atomic mass is 10.1. The molecule has 2 aromatic carbocycles. The Kier molecular flexibility index (Phi) is 8.60. The highest BCUT2D eigenvalue weighted by molar-refractivity contribution is 6.04. The van der Waals surface area contributed by atoms with Crippen LogP contribution in [-0.2, 0) is 0 Å². The fourth-order valence-corrected chi connectivity index (χ4v) is 4.25. The molecular formula is C28H34N4O4. The van der Waals surface area contributed by atoms with Crippen molar-refractivity contribution in [3.63, 3.8) is 0 Å². The van der Waals surface area contributed by atoms with Gasteiger partial charge in [0.2, 0.25) is 0 Å². The van der Waals surface area contributed by atoms with Crippen molar-refractivity contribution in [2.45, 2.75) is 58.3 Å². The maximum Gasteiger partial charge on any atom is 0.350 e. The monoisotopic (exact) mass is 490 g/mol. The number of benzene rings is 2. The second-order valence-electron chi connectivity index (χ2n) is 8.97. The Labute approximate surface area is 210 Å². The van der Waals surface area contributed by atoms with Crippen LogP contribution in [0.3, 0.4) is 0 Å². The second kappa shape index (κ2) is 12.2. The van der Waals surface area contributed by atoms with Gasteiger partial charge in [0.25, 0.3) is 0 Å². The van der Waals surface area contributed by atoms with Crippen LogP contribution < -0.4 is 20.7 Å². The summed E-state index contributed by atoms with van der Waals surface area (Å²) in [4.78, 5) is 31.4. The number of nitrogens with zero attached hydrogens (tertiary/aromatic N) is 2. The normalized spacial score (nSPS) is 11.6. The molecular weight excluding hydrogens is 456 g/mol. The molecule has 8 nitrogen and oxygen atoms in total. The van der Waals surface area contributed by atoms with Crippen molar-refractivity contribution >= 4 is 28.2 Å². The van der Waals surface area contributed by atoms with Crippen LogP contribution >= 0.6 is 0 Å². The second-order valence-corrected chi connectivity index (χ2v) is 8.97. The lowest BCUT2D eigenvalue weighted by Crippen LogP contribution is -2.32. The number of H-pyrrole nitrogens is 2. The van der Waals surface area contributed by atoms with E-state index in [-0.39, 0.29) is 5.52 Å². The summed E-state index contributed by atoms with van der Waals surface area (Å²) in [5, 5.41) is 4.84. The number of unbranched alkanes of at least 4 members (excludes halogenated alkanes) is 7. The summed E-state index contributed by atoms with van der Waals surface area (Å²) in [7, 11) is 1.57. The Morgan fingerprint density at radius 3 is 2.28 bits per heavy atom. The zero-order valence-electron chi connectivity index (χ0n) is 21.0. The molecule has 2 aromatic heterocycles. The zero-order chi connectivity index (χ0) is 25.3. The largest absolute Gasteiger partial charge is 0.497 e. The van der Waals surface area contributed by atoms with E-state index in [0.29, 0.717) is 23.3 Å². The summed E-state index contributed by atoms with van der Waals surface area (Å²) in [5.74, 6) is 1.43. The lowest BCUT2D eigenvalue weighted by Gasteiger charge is -2.06. The third-order valence-electron chi connectivity index (χ3n) is 6.31. The van der Waals surface area contributed by atoms with Crippen molar-refractivity contribution in [2.75, 3.05) is 13.7 Å². The van der Waals surface area contributed by atoms with Crippen LogP contribution in [0.1, 0.15) is 63.9 Å². The van der Waals surface area contributed by atoms with Crippen molar-refractivity contribution < 1.29 is 9.47 Å². The predicted octanol–water partition coefficient (Wildman–Crippen LogP) is 5.58. The van der Waals surface area contributed by atoms with Crippen LogP contribution in [0.25, 0.3) is 21.9 Å². The fourth-order valence-electron chi connectivity index (χ4n) is 4.25. The summed E-state index contributed by atoms with van der Waals surface area (Å²) in [6.07, 6.45) is 11.6. The van der Waals surface area contributed by atoms with Crippen LogP contribution in [0.2, 0.25) is 0 Å². The van der Waals surface area contributed by atoms with Gasteiger partial charge in [-0.1, -0.05) is 51.9 Å². The van der Waals surface area contributed by atoms with Crippen molar-refractivity contribution in [1.82, 2.24) is 14.6 Å². The Morgan fingerprint density at radius 1 is 0.861 bits per heavy atom. The molecule has 0 aliphatic heterocycles. The molecule has 0 fully saturated rings.